The maximum atomic E-state index is 12.0. The lowest BCUT2D eigenvalue weighted by Gasteiger charge is -2.18. The summed E-state index contributed by atoms with van der Waals surface area (Å²) in [6, 6.07) is -1.91. The highest BCUT2D eigenvalue weighted by molar-refractivity contribution is 5.89. The van der Waals surface area contributed by atoms with Gasteiger partial charge in [0.05, 0.1) is 6.04 Å². The Morgan fingerprint density at radius 1 is 0.857 bits per heavy atom. The monoisotopic (exact) mass is 403 g/mol. The Morgan fingerprint density at radius 3 is 2.11 bits per heavy atom. The maximum absolute atomic E-state index is 12.0. The molecule has 12 heteroatoms. The quantitative estimate of drug-likeness (QED) is 0.144. The second-order valence-corrected chi connectivity index (χ2v) is 6.10. The largest absolute Gasteiger partial charge is 0.481 e. The van der Waals surface area contributed by atoms with Crippen LogP contribution in [0.5, 0.6) is 0 Å². The molecule has 0 unspecified atom stereocenters. The van der Waals surface area contributed by atoms with Gasteiger partial charge in [-0.3, -0.25) is 24.0 Å². The molecule has 0 aliphatic carbocycles. The van der Waals surface area contributed by atoms with E-state index in [1.165, 1.54) is 0 Å². The van der Waals surface area contributed by atoms with Gasteiger partial charge in [-0.15, -0.1) is 0 Å². The lowest BCUT2D eigenvalue weighted by Crippen LogP contribution is -2.48. The fourth-order valence-corrected chi connectivity index (χ4v) is 2.15. The summed E-state index contributed by atoms with van der Waals surface area (Å²) in [5.74, 6) is -3.98. The smallest absolute Gasteiger partial charge is 0.322 e. The average Bonchev–Trinajstić information content (AvgIpc) is 2.63. The molecule has 9 N–H and O–H groups in total. The number of unbranched alkanes of at least 4 members (excludes halogenated alkanes) is 1. The minimum absolute atomic E-state index is 0.0275. The highest BCUT2D eigenvalue weighted by atomic mass is 16.4. The Balaban J connectivity index is 4.40. The van der Waals surface area contributed by atoms with Crippen LogP contribution in [0.2, 0.25) is 0 Å². The molecule has 0 bridgehead atoms. The molecule has 0 aliphatic rings. The predicted molar refractivity (Wildman–Crippen MR) is 98.0 cm³/mol. The molecule has 0 heterocycles. The Hall–Kier alpha value is -2.73. The molecule has 0 rings (SSSR count). The summed E-state index contributed by atoms with van der Waals surface area (Å²) in [6.07, 6.45) is 1.10. The van der Waals surface area contributed by atoms with E-state index in [1.54, 1.807) is 0 Å². The van der Waals surface area contributed by atoms with Gasteiger partial charge in [0.25, 0.3) is 0 Å². The molecule has 28 heavy (non-hydrogen) atoms. The Kier molecular flexibility index (Phi) is 12.9. The number of amides is 3. The molecular weight excluding hydrogens is 374 g/mol. The van der Waals surface area contributed by atoms with Crippen molar-refractivity contribution < 1.29 is 34.2 Å². The highest BCUT2D eigenvalue weighted by Crippen LogP contribution is 2.02. The zero-order chi connectivity index (χ0) is 21.5. The standard InChI is InChI=1S/C16H29N5O7/c17-7-2-1-3-11(16(28)20-9-14(25)26)21-12(22)6-8-19-15(27)10(18)4-5-13(23)24/h10-11H,1-9,17-18H2,(H,19,27)(H,20,28)(H,21,22)(H,23,24)(H,25,26)/t10-,11-/m0/s1. The van der Waals surface area contributed by atoms with Crippen LogP contribution in [0.3, 0.4) is 0 Å². The van der Waals surface area contributed by atoms with Gasteiger partial charge in [0, 0.05) is 19.4 Å². The van der Waals surface area contributed by atoms with Crippen molar-refractivity contribution in [1.29, 1.82) is 0 Å². The first-order valence-corrected chi connectivity index (χ1v) is 8.91. The zero-order valence-corrected chi connectivity index (χ0v) is 15.6. The summed E-state index contributed by atoms with van der Waals surface area (Å²) in [5, 5.41) is 24.3. The van der Waals surface area contributed by atoms with E-state index >= 15 is 0 Å². The number of carbonyl (C=O) groups excluding carboxylic acids is 3. The number of carboxylic acid groups (broad SMARTS) is 2. The first-order valence-electron chi connectivity index (χ1n) is 8.91. The Morgan fingerprint density at radius 2 is 1.54 bits per heavy atom. The summed E-state index contributed by atoms with van der Waals surface area (Å²) < 4.78 is 0. The number of carboxylic acids is 2. The lowest BCUT2D eigenvalue weighted by atomic mass is 10.1. The van der Waals surface area contributed by atoms with Crippen molar-refractivity contribution >= 4 is 29.7 Å². The van der Waals surface area contributed by atoms with Crippen molar-refractivity contribution in [3.05, 3.63) is 0 Å². The van der Waals surface area contributed by atoms with Gasteiger partial charge < -0.3 is 37.6 Å². The van der Waals surface area contributed by atoms with Crippen LogP contribution in [0.4, 0.5) is 0 Å². The molecule has 0 saturated heterocycles. The molecule has 0 saturated carbocycles. The third-order valence-corrected chi connectivity index (χ3v) is 3.67. The second-order valence-electron chi connectivity index (χ2n) is 6.10. The molecule has 0 radical (unpaired) electrons. The summed E-state index contributed by atoms with van der Waals surface area (Å²) in [7, 11) is 0. The van der Waals surface area contributed by atoms with Crippen molar-refractivity contribution in [2.75, 3.05) is 19.6 Å². The van der Waals surface area contributed by atoms with E-state index in [-0.39, 0.29) is 25.8 Å². The Bertz CT molecular complexity index is 556. The molecule has 0 aromatic rings. The van der Waals surface area contributed by atoms with Crippen LogP contribution in [0.25, 0.3) is 0 Å². The SMILES string of the molecule is NCCCC[C@H](NC(=O)CCNC(=O)[C@@H](N)CCC(=O)O)C(=O)NCC(=O)O. The number of carbonyl (C=O) groups is 5. The third kappa shape index (κ3) is 12.6. The molecule has 0 fully saturated rings. The van der Waals surface area contributed by atoms with Crippen LogP contribution < -0.4 is 27.4 Å². The maximum Gasteiger partial charge on any atom is 0.322 e. The summed E-state index contributed by atoms with van der Waals surface area (Å²) in [5.41, 5.74) is 10.9. The normalized spacial score (nSPS) is 12.5. The van der Waals surface area contributed by atoms with Crippen LogP contribution in [0.1, 0.15) is 38.5 Å². The fraction of sp³-hybridized carbons (Fsp3) is 0.688. The van der Waals surface area contributed by atoms with Gasteiger partial charge in [-0.2, -0.15) is 0 Å². The fourth-order valence-electron chi connectivity index (χ4n) is 2.15. The highest BCUT2D eigenvalue weighted by Gasteiger charge is 2.21. The molecule has 3 amide bonds. The topological polar surface area (TPSA) is 214 Å². The van der Waals surface area contributed by atoms with E-state index in [0.29, 0.717) is 25.8 Å². The first-order chi connectivity index (χ1) is 13.2. The predicted octanol–water partition coefficient (Wildman–Crippen LogP) is -2.50. The van der Waals surface area contributed by atoms with Crippen molar-refractivity contribution in [1.82, 2.24) is 16.0 Å². The molecule has 0 aromatic heterocycles. The number of rotatable bonds is 15. The first kappa shape index (κ1) is 25.3. The van der Waals surface area contributed by atoms with E-state index in [9.17, 15) is 24.0 Å². The summed E-state index contributed by atoms with van der Waals surface area (Å²) in [6.45, 7) is -0.185. The van der Waals surface area contributed by atoms with E-state index in [1.807, 2.05) is 0 Å². The minimum Gasteiger partial charge on any atom is -0.481 e. The molecular formula is C16H29N5O7. The summed E-state index contributed by atoms with van der Waals surface area (Å²) >= 11 is 0. The molecule has 160 valence electrons. The van der Waals surface area contributed by atoms with Crippen LogP contribution in [0.15, 0.2) is 0 Å². The molecule has 0 aliphatic heterocycles. The number of aliphatic carboxylic acids is 2. The molecule has 0 aromatic carbocycles. The van der Waals surface area contributed by atoms with Crippen LogP contribution in [-0.2, 0) is 24.0 Å². The van der Waals surface area contributed by atoms with E-state index in [4.69, 9.17) is 21.7 Å². The van der Waals surface area contributed by atoms with Gasteiger partial charge in [0.2, 0.25) is 17.7 Å². The van der Waals surface area contributed by atoms with Gasteiger partial charge in [-0.1, -0.05) is 0 Å². The van der Waals surface area contributed by atoms with Gasteiger partial charge in [0.1, 0.15) is 12.6 Å². The van der Waals surface area contributed by atoms with Gasteiger partial charge in [-0.05, 0) is 32.2 Å². The summed E-state index contributed by atoms with van der Waals surface area (Å²) in [4.78, 5) is 56.7. The van der Waals surface area contributed by atoms with Crippen LogP contribution >= 0.6 is 0 Å². The van der Waals surface area contributed by atoms with E-state index in [0.717, 1.165) is 0 Å². The van der Waals surface area contributed by atoms with Crippen molar-refractivity contribution in [3.8, 4) is 0 Å². The van der Waals surface area contributed by atoms with Crippen molar-refractivity contribution in [2.45, 2.75) is 50.6 Å². The Labute approximate surface area is 162 Å². The lowest BCUT2D eigenvalue weighted by molar-refractivity contribution is -0.138. The van der Waals surface area contributed by atoms with Crippen molar-refractivity contribution in [2.24, 2.45) is 11.5 Å². The van der Waals surface area contributed by atoms with E-state index < -0.39 is 48.3 Å². The number of hydrogen-bond acceptors (Lipinski definition) is 7. The average molecular weight is 403 g/mol. The minimum atomic E-state index is -1.21. The number of nitrogens with one attached hydrogen (secondary N) is 3. The van der Waals surface area contributed by atoms with Crippen LogP contribution in [-0.4, -0.2) is 71.6 Å². The van der Waals surface area contributed by atoms with Gasteiger partial charge in [0.15, 0.2) is 0 Å². The van der Waals surface area contributed by atoms with Crippen LogP contribution in [0, 0.1) is 0 Å². The molecule has 2 atom stereocenters. The molecule has 0 spiro atoms. The zero-order valence-electron chi connectivity index (χ0n) is 15.6. The van der Waals surface area contributed by atoms with Gasteiger partial charge >= 0.3 is 11.9 Å². The van der Waals surface area contributed by atoms with E-state index in [2.05, 4.69) is 16.0 Å². The third-order valence-electron chi connectivity index (χ3n) is 3.67. The van der Waals surface area contributed by atoms with Gasteiger partial charge in [-0.25, -0.2) is 0 Å². The number of nitrogens with two attached hydrogens (primary N) is 2. The number of hydrogen-bond donors (Lipinski definition) is 7. The molecule has 12 nitrogen and oxygen atoms in total. The van der Waals surface area contributed by atoms with Crippen molar-refractivity contribution in [3.63, 3.8) is 0 Å². The second kappa shape index (κ2) is 14.3.